The van der Waals surface area contributed by atoms with Crippen LogP contribution in [0, 0.1) is 11.3 Å². The van der Waals surface area contributed by atoms with Gasteiger partial charge in [0.05, 0.1) is 28.3 Å². The van der Waals surface area contributed by atoms with Crippen LogP contribution in [0.25, 0.3) is 10.8 Å². The molecule has 0 saturated carbocycles. The Balaban J connectivity index is 2.00. The molecule has 3 aromatic rings. The zero-order valence-electron chi connectivity index (χ0n) is 16.7. The van der Waals surface area contributed by atoms with E-state index in [2.05, 4.69) is 6.07 Å². The van der Waals surface area contributed by atoms with Crippen LogP contribution < -0.4 is 10.5 Å². The third kappa shape index (κ3) is 4.22. The van der Waals surface area contributed by atoms with E-state index in [9.17, 15) is 10.1 Å². The van der Waals surface area contributed by atoms with Gasteiger partial charge in [-0.25, -0.2) is 0 Å². The van der Waals surface area contributed by atoms with Gasteiger partial charge in [-0.2, -0.15) is 5.26 Å². The van der Waals surface area contributed by atoms with Crippen LogP contribution in [-0.4, -0.2) is 38.1 Å². The topological polar surface area (TPSA) is 79.3 Å². The highest BCUT2D eigenvalue weighted by atomic mass is 35.5. The van der Waals surface area contributed by atoms with E-state index in [0.29, 0.717) is 34.3 Å². The molecular formula is C23H21Cl2N3O2. The van der Waals surface area contributed by atoms with Gasteiger partial charge in [0.25, 0.3) is 5.91 Å². The minimum absolute atomic E-state index is 0.134. The number of ether oxygens (including phenoxy) is 1. The average molecular weight is 442 g/mol. The van der Waals surface area contributed by atoms with E-state index in [1.54, 1.807) is 30.1 Å². The van der Waals surface area contributed by atoms with Gasteiger partial charge in [0.15, 0.2) is 0 Å². The summed E-state index contributed by atoms with van der Waals surface area (Å²) in [5.41, 5.74) is 7.56. The highest BCUT2D eigenvalue weighted by Crippen LogP contribution is 2.33. The number of nitriles is 1. The van der Waals surface area contributed by atoms with E-state index in [0.717, 1.165) is 16.3 Å². The maximum atomic E-state index is 13.5. The Kier molecular flexibility index (Phi) is 6.84. The van der Waals surface area contributed by atoms with Crippen molar-refractivity contribution in [2.45, 2.75) is 5.92 Å². The number of nitrogens with zero attached hydrogens (tertiary/aromatic N) is 2. The van der Waals surface area contributed by atoms with E-state index in [1.807, 2.05) is 30.3 Å². The number of hydrogen-bond acceptors (Lipinski definition) is 4. The Bertz CT molecular complexity index is 1140. The molecule has 1 amide bonds. The molecule has 7 heteroatoms. The Morgan fingerprint density at radius 3 is 2.57 bits per heavy atom. The second kappa shape index (κ2) is 9.36. The zero-order chi connectivity index (χ0) is 21.8. The molecule has 1 atom stereocenters. The van der Waals surface area contributed by atoms with Gasteiger partial charge in [-0.1, -0.05) is 53.5 Å². The fourth-order valence-corrected chi connectivity index (χ4v) is 3.83. The van der Waals surface area contributed by atoms with E-state index >= 15 is 0 Å². The number of carbonyl (C=O) groups excluding carboxylic acids is 1. The zero-order valence-corrected chi connectivity index (χ0v) is 18.2. The normalized spacial score (nSPS) is 11.7. The number of fused-ring (bicyclic) bond motifs is 1. The minimum atomic E-state index is -0.251. The Hall–Kier alpha value is -2.78. The molecule has 0 unspecified atom stereocenters. The van der Waals surface area contributed by atoms with Gasteiger partial charge in [0.1, 0.15) is 11.8 Å². The molecule has 0 saturated heterocycles. The first-order chi connectivity index (χ1) is 14.4. The Labute approximate surface area is 185 Å². The Morgan fingerprint density at radius 2 is 1.93 bits per heavy atom. The molecule has 5 nitrogen and oxygen atoms in total. The van der Waals surface area contributed by atoms with Crippen molar-refractivity contribution in [3.63, 3.8) is 0 Å². The quantitative estimate of drug-likeness (QED) is 0.593. The lowest BCUT2D eigenvalue weighted by atomic mass is 9.96. The van der Waals surface area contributed by atoms with Gasteiger partial charge >= 0.3 is 0 Å². The van der Waals surface area contributed by atoms with Crippen molar-refractivity contribution in [2.75, 3.05) is 27.2 Å². The van der Waals surface area contributed by atoms with Crippen LogP contribution in [-0.2, 0) is 0 Å². The SMILES string of the molecule is COc1c(C#N)cc2ccccc2c1C(=O)N(C)C[C@H](CN)c1ccc(Cl)c(Cl)c1. The maximum Gasteiger partial charge on any atom is 0.258 e. The van der Waals surface area contributed by atoms with Crippen LogP contribution in [0.1, 0.15) is 27.4 Å². The molecule has 154 valence electrons. The van der Waals surface area contributed by atoms with Gasteiger partial charge in [0, 0.05) is 26.1 Å². The van der Waals surface area contributed by atoms with E-state index in [-0.39, 0.29) is 17.6 Å². The van der Waals surface area contributed by atoms with Crippen LogP contribution in [0.3, 0.4) is 0 Å². The Morgan fingerprint density at radius 1 is 1.20 bits per heavy atom. The summed E-state index contributed by atoms with van der Waals surface area (Å²) in [5.74, 6) is -0.115. The highest BCUT2D eigenvalue weighted by Gasteiger charge is 2.25. The molecule has 3 rings (SSSR count). The van der Waals surface area contributed by atoms with Crippen LogP contribution >= 0.6 is 23.2 Å². The molecule has 0 fully saturated rings. The van der Waals surface area contributed by atoms with Crippen LogP contribution in [0.5, 0.6) is 5.75 Å². The lowest BCUT2D eigenvalue weighted by molar-refractivity contribution is 0.0786. The third-order valence-electron chi connectivity index (χ3n) is 5.08. The molecule has 2 N–H and O–H groups in total. The number of methoxy groups -OCH3 is 1. The fraction of sp³-hybridized carbons (Fsp3) is 0.217. The second-order valence-corrected chi connectivity index (χ2v) is 7.77. The van der Waals surface area contributed by atoms with Crippen molar-refractivity contribution >= 4 is 39.9 Å². The van der Waals surface area contributed by atoms with Crippen molar-refractivity contribution in [1.29, 1.82) is 5.26 Å². The number of halogens is 2. The lowest BCUT2D eigenvalue weighted by Crippen LogP contribution is -2.34. The first kappa shape index (κ1) is 21.9. The summed E-state index contributed by atoms with van der Waals surface area (Å²) in [5, 5.41) is 12.0. The van der Waals surface area contributed by atoms with Crippen molar-refractivity contribution in [1.82, 2.24) is 4.90 Å². The largest absolute Gasteiger partial charge is 0.495 e. The molecule has 0 aliphatic heterocycles. The van der Waals surface area contributed by atoms with Crippen molar-refractivity contribution < 1.29 is 9.53 Å². The molecule has 0 aliphatic carbocycles. The van der Waals surface area contributed by atoms with E-state index in [4.69, 9.17) is 33.7 Å². The van der Waals surface area contributed by atoms with Gasteiger partial charge in [-0.15, -0.1) is 0 Å². The summed E-state index contributed by atoms with van der Waals surface area (Å²) >= 11 is 12.2. The second-order valence-electron chi connectivity index (χ2n) is 6.96. The molecular weight excluding hydrogens is 421 g/mol. The van der Waals surface area contributed by atoms with Crippen molar-refractivity contribution in [2.24, 2.45) is 5.73 Å². The van der Waals surface area contributed by atoms with Crippen LogP contribution in [0.2, 0.25) is 10.0 Å². The predicted molar refractivity (Wildman–Crippen MR) is 120 cm³/mol. The molecule has 0 aliphatic rings. The van der Waals surface area contributed by atoms with E-state index < -0.39 is 0 Å². The third-order valence-corrected chi connectivity index (χ3v) is 5.82. The number of carbonyl (C=O) groups is 1. The first-order valence-corrected chi connectivity index (χ1v) is 10.1. The number of nitrogens with two attached hydrogens (primary N) is 1. The molecule has 0 radical (unpaired) electrons. The van der Waals surface area contributed by atoms with E-state index in [1.165, 1.54) is 7.11 Å². The molecule has 0 bridgehead atoms. The summed E-state index contributed by atoms with van der Waals surface area (Å²) < 4.78 is 5.46. The molecule has 0 heterocycles. The summed E-state index contributed by atoms with van der Waals surface area (Å²) in [6.45, 7) is 0.688. The maximum absolute atomic E-state index is 13.5. The average Bonchev–Trinajstić information content (AvgIpc) is 2.77. The molecule has 3 aromatic carbocycles. The standard InChI is InChI=1S/C23H21Cl2N3O2/c1-28(13-17(12-27)14-7-8-19(24)20(25)10-14)23(29)21-18-6-4-3-5-15(18)9-16(11-26)22(21)30-2/h3-10,17H,12-13,27H2,1-2H3/t17-/m0/s1. The highest BCUT2D eigenvalue weighted by molar-refractivity contribution is 6.42. The molecule has 0 spiro atoms. The fourth-order valence-electron chi connectivity index (χ4n) is 3.52. The lowest BCUT2D eigenvalue weighted by Gasteiger charge is -2.25. The van der Waals surface area contributed by atoms with Crippen LogP contribution in [0.4, 0.5) is 0 Å². The molecule has 0 aromatic heterocycles. The number of likely N-dealkylation sites (N-methyl/N-ethyl adjacent to an activating group) is 1. The summed E-state index contributed by atoms with van der Waals surface area (Å²) in [6.07, 6.45) is 0. The number of rotatable bonds is 6. The van der Waals surface area contributed by atoms with Crippen molar-refractivity contribution in [3.05, 3.63) is 75.3 Å². The summed E-state index contributed by atoms with van der Waals surface area (Å²) in [4.78, 5) is 15.0. The smallest absolute Gasteiger partial charge is 0.258 e. The summed E-state index contributed by atoms with van der Waals surface area (Å²) in [7, 11) is 3.16. The van der Waals surface area contributed by atoms with Gasteiger partial charge < -0.3 is 15.4 Å². The monoisotopic (exact) mass is 441 g/mol. The number of amides is 1. The predicted octanol–water partition coefficient (Wildman–Crippen LogP) is 4.84. The number of hydrogen-bond donors (Lipinski definition) is 1. The van der Waals surface area contributed by atoms with Crippen molar-refractivity contribution in [3.8, 4) is 11.8 Å². The van der Waals surface area contributed by atoms with Crippen LogP contribution in [0.15, 0.2) is 48.5 Å². The van der Waals surface area contributed by atoms with Gasteiger partial charge in [0.2, 0.25) is 0 Å². The minimum Gasteiger partial charge on any atom is -0.495 e. The van der Waals surface area contributed by atoms with Gasteiger partial charge in [-0.05, 0) is 34.5 Å². The first-order valence-electron chi connectivity index (χ1n) is 9.31. The number of benzene rings is 3. The molecule has 30 heavy (non-hydrogen) atoms. The summed E-state index contributed by atoms with van der Waals surface area (Å²) in [6, 6.07) is 16.6. The van der Waals surface area contributed by atoms with Gasteiger partial charge in [-0.3, -0.25) is 4.79 Å².